The fourth-order valence-corrected chi connectivity index (χ4v) is 2.14. The Labute approximate surface area is 125 Å². The van der Waals surface area contributed by atoms with E-state index in [2.05, 4.69) is 5.32 Å². The molecule has 0 bridgehead atoms. The Kier molecular flexibility index (Phi) is 4.46. The molecule has 1 aliphatic rings. The van der Waals surface area contributed by atoms with E-state index in [0.29, 0.717) is 19.3 Å². The van der Waals surface area contributed by atoms with Crippen LogP contribution < -0.4 is 14.8 Å². The van der Waals surface area contributed by atoms with Gasteiger partial charge in [-0.25, -0.2) is 0 Å². The molecule has 1 heterocycles. The van der Waals surface area contributed by atoms with Gasteiger partial charge in [-0.05, 0) is 38.0 Å². The SMILES string of the molecule is CCOc1ccccc1OCc1cc(CNC2CC2)co1. The van der Waals surface area contributed by atoms with Crippen molar-refractivity contribution in [3.05, 3.63) is 47.9 Å². The van der Waals surface area contributed by atoms with Crippen LogP contribution in [0.5, 0.6) is 11.5 Å². The van der Waals surface area contributed by atoms with E-state index >= 15 is 0 Å². The van der Waals surface area contributed by atoms with Gasteiger partial charge in [-0.2, -0.15) is 0 Å². The Hall–Kier alpha value is -1.94. The zero-order chi connectivity index (χ0) is 14.5. The third-order valence-electron chi connectivity index (χ3n) is 3.40. The molecule has 0 unspecified atom stereocenters. The highest BCUT2D eigenvalue weighted by Gasteiger charge is 2.20. The van der Waals surface area contributed by atoms with Crippen molar-refractivity contribution < 1.29 is 13.9 Å². The normalized spacial score (nSPS) is 14.1. The number of rotatable bonds is 8. The van der Waals surface area contributed by atoms with Gasteiger partial charge in [0.25, 0.3) is 0 Å². The number of furan rings is 1. The molecule has 0 spiro atoms. The lowest BCUT2D eigenvalue weighted by Gasteiger charge is -2.10. The van der Waals surface area contributed by atoms with E-state index in [1.54, 1.807) is 6.26 Å². The van der Waals surface area contributed by atoms with Crippen LogP contribution in [0.2, 0.25) is 0 Å². The standard InChI is InChI=1S/C17H21NO3/c1-2-19-16-5-3-4-6-17(16)21-12-15-9-13(11-20-15)10-18-14-7-8-14/h3-6,9,11,14,18H,2,7-8,10,12H2,1H3. The Balaban J connectivity index is 1.54. The lowest BCUT2D eigenvalue weighted by atomic mass is 10.3. The summed E-state index contributed by atoms with van der Waals surface area (Å²) < 4.78 is 16.9. The predicted molar refractivity (Wildman–Crippen MR) is 80.5 cm³/mol. The molecule has 4 nitrogen and oxygen atoms in total. The summed E-state index contributed by atoms with van der Waals surface area (Å²) in [5.74, 6) is 2.34. The average molecular weight is 287 g/mol. The first-order chi connectivity index (χ1) is 10.3. The fraction of sp³-hybridized carbons (Fsp3) is 0.412. The topological polar surface area (TPSA) is 43.6 Å². The molecule has 0 saturated heterocycles. The number of para-hydroxylation sites is 2. The van der Waals surface area contributed by atoms with Crippen LogP contribution in [0.25, 0.3) is 0 Å². The molecule has 2 aromatic rings. The van der Waals surface area contributed by atoms with Crippen molar-refractivity contribution in [2.24, 2.45) is 0 Å². The Bertz CT molecular complexity index is 575. The summed E-state index contributed by atoms with van der Waals surface area (Å²) in [5.41, 5.74) is 1.17. The smallest absolute Gasteiger partial charge is 0.161 e. The molecule has 21 heavy (non-hydrogen) atoms. The van der Waals surface area contributed by atoms with E-state index in [0.717, 1.165) is 23.8 Å². The van der Waals surface area contributed by atoms with Crippen LogP contribution >= 0.6 is 0 Å². The summed E-state index contributed by atoms with van der Waals surface area (Å²) in [6.07, 6.45) is 4.38. The van der Waals surface area contributed by atoms with Gasteiger partial charge in [-0.15, -0.1) is 0 Å². The van der Waals surface area contributed by atoms with E-state index in [4.69, 9.17) is 13.9 Å². The quantitative estimate of drug-likeness (QED) is 0.807. The summed E-state index contributed by atoms with van der Waals surface area (Å²) in [5, 5.41) is 3.47. The van der Waals surface area contributed by atoms with Crippen molar-refractivity contribution >= 4 is 0 Å². The van der Waals surface area contributed by atoms with Gasteiger partial charge in [-0.1, -0.05) is 12.1 Å². The third-order valence-corrected chi connectivity index (χ3v) is 3.40. The van der Waals surface area contributed by atoms with Crippen molar-refractivity contribution in [2.45, 2.75) is 39.0 Å². The minimum atomic E-state index is 0.410. The molecule has 0 radical (unpaired) electrons. The average Bonchev–Trinajstić information content (AvgIpc) is 3.23. The van der Waals surface area contributed by atoms with Crippen molar-refractivity contribution in [1.82, 2.24) is 5.32 Å². The van der Waals surface area contributed by atoms with Crippen LogP contribution in [0, 0.1) is 0 Å². The summed E-state index contributed by atoms with van der Waals surface area (Å²) in [6.45, 7) is 3.86. The van der Waals surface area contributed by atoms with E-state index < -0.39 is 0 Å². The van der Waals surface area contributed by atoms with Crippen LogP contribution in [0.1, 0.15) is 31.1 Å². The largest absolute Gasteiger partial charge is 0.490 e. The van der Waals surface area contributed by atoms with Crippen LogP contribution in [0.3, 0.4) is 0 Å². The van der Waals surface area contributed by atoms with Gasteiger partial charge in [-0.3, -0.25) is 0 Å². The second kappa shape index (κ2) is 6.68. The maximum absolute atomic E-state index is 5.79. The lowest BCUT2D eigenvalue weighted by molar-refractivity contribution is 0.247. The van der Waals surface area contributed by atoms with Crippen molar-refractivity contribution in [3.63, 3.8) is 0 Å². The van der Waals surface area contributed by atoms with Crippen molar-refractivity contribution in [2.75, 3.05) is 6.61 Å². The molecule has 1 aromatic carbocycles. The van der Waals surface area contributed by atoms with Crippen LogP contribution in [-0.4, -0.2) is 12.6 Å². The molecule has 4 heteroatoms. The molecule has 3 rings (SSSR count). The number of hydrogen-bond donors (Lipinski definition) is 1. The highest BCUT2D eigenvalue weighted by Crippen LogP contribution is 2.27. The second-order valence-corrected chi connectivity index (χ2v) is 5.24. The molecule has 1 N–H and O–H groups in total. The summed E-state index contributed by atoms with van der Waals surface area (Å²) in [7, 11) is 0. The fourth-order valence-electron chi connectivity index (χ4n) is 2.14. The Morgan fingerprint density at radius 3 is 2.67 bits per heavy atom. The molecule has 1 fully saturated rings. The molecule has 1 saturated carbocycles. The van der Waals surface area contributed by atoms with Gasteiger partial charge in [0.15, 0.2) is 11.5 Å². The lowest BCUT2D eigenvalue weighted by Crippen LogP contribution is -2.14. The monoisotopic (exact) mass is 287 g/mol. The summed E-state index contributed by atoms with van der Waals surface area (Å²) >= 11 is 0. The number of ether oxygens (including phenoxy) is 2. The molecule has 0 amide bonds. The predicted octanol–water partition coefficient (Wildman–Crippen LogP) is 3.51. The number of benzene rings is 1. The van der Waals surface area contributed by atoms with Gasteiger partial charge in [0, 0.05) is 18.2 Å². The van der Waals surface area contributed by atoms with E-state index in [9.17, 15) is 0 Å². The minimum absolute atomic E-state index is 0.410. The van der Waals surface area contributed by atoms with Gasteiger partial charge in [0.1, 0.15) is 12.4 Å². The first-order valence-corrected chi connectivity index (χ1v) is 7.49. The Morgan fingerprint density at radius 1 is 1.19 bits per heavy atom. The zero-order valence-electron chi connectivity index (χ0n) is 12.3. The molecule has 1 aliphatic carbocycles. The molecule has 0 aliphatic heterocycles. The first-order valence-electron chi connectivity index (χ1n) is 7.49. The molecule has 1 aromatic heterocycles. The van der Waals surface area contributed by atoms with Crippen LogP contribution in [0.15, 0.2) is 41.0 Å². The van der Waals surface area contributed by atoms with E-state index in [-0.39, 0.29) is 0 Å². The molecule has 0 atom stereocenters. The second-order valence-electron chi connectivity index (χ2n) is 5.24. The molecular weight excluding hydrogens is 266 g/mol. The van der Waals surface area contributed by atoms with Gasteiger partial charge >= 0.3 is 0 Å². The number of nitrogens with one attached hydrogen (secondary N) is 1. The first kappa shape index (κ1) is 14.0. The maximum atomic E-state index is 5.79. The Morgan fingerprint density at radius 2 is 1.95 bits per heavy atom. The molecular formula is C17H21NO3. The van der Waals surface area contributed by atoms with Crippen molar-refractivity contribution in [3.8, 4) is 11.5 Å². The third kappa shape index (κ3) is 4.02. The van der Waals surface area contributed by atoms with E-state index in [1.807, 2.05) is 37.3 Å². The summed E-state index contributed by atoms with van der Waals surface area (Å²) in [6, 6.07) is 10.4. The summed E-state index contributed by atoms with van der Waals surface area (Å²) in [4.78, 5) is 0. The van der Waals surface area contributed by atoms with Gasteiger partial charge in [0.05, 0.1) is 12.9 Å². The zero-order valence-corrected chi connectivity index (χ0v) is 12.3. The maximum Gasteiger partial charge on any atom is 0.161 e. The van der Waals surface area contributed by atoms with Crippen LogP contribution in [-0.2, 0) is 13.2 Å². The van der Waals surface area contributed by atoms with E-state index in [1.165, 1.54) is 18.4 Å². The van der Waals surface area contributed by atoms with Crippen LogP contribution in [0.4, 0.5) is 0 Å². The van der Waals surface area contributed by atoms with Crippen molar-refractivity contribution in [1.29, 1.82) is 0 Å². The number of hydrogen-bond acceptors (Lipinski definition) is 4. The highest BCUT2D eigenvalue weighted by atomic mass is 16.5. The molecule has 112 valence electrons. The van der Waals surface area contributed by atoms with Gasteiger partial charge in [0.2, 0.25) is 0 Å². The van der Waals surface area contributed by atoms with Gasteiger partial charge < -0.3 is 19.2 Å². The minimum Gasteiger partial charge on any atom is -0.490 e. The highest BCUT2D eigenvalue weighted by molar-refractivity contribution is 5.39.